The standard InChI is InChI=1S/C12H18N2S/c1-10-3-4-11(9-13-10)14-7-5-12(15-2)6-8-14/h3-4,9,12H,5-8H2,1-2H3. The van der Waals surface area contributed by atoms with Gasteiger partial charge in [-0.3, -0.25) is 4.98 Å². The average Bonchev–Trinajstić information content (AvgIpc) is 2.30. The first-order valence-corrected chi connectivity index (χ1v) is 6.79. The maximum Gasteiger partial charge on any atom is 0.0552 e. The molecule has 0 aromatic carbocycles. The largest absolute Gasteiger partial charge is 0.370 e. The molecule has 1 aromatic rings. The smallest absolute Gasteiger partial charge is 0.0552 e. The summed E-state index contributed by atoms with van der Waals surface area (Å²) in [5.74, 6) is 0. The Labute approximate surface area is 96.1 Å². The van der Waals surface area contributed by atoms with E-state index in [1.54, 1.807) is 0 Å². The Morgan fingerprint density at radius 2 is 2.07 bits per heavy atom. The van der Waals surface area contributed by atoms with Crippen molar-refractivity contribution in [3.8, 4) is 0 Å². The van der Waals surface area contributed by atoms with Crippen molar-refractivity contribution in [2.75, 3.05) is 24.2 Å². The normalized spacial score (nSPS) is 18.1. The first kappa shape index (κ1) is 10.8. The van der Waals surface area contributed by atoms with Crippen LogP contribution in [0.25, 0.3) is 0 Å². The third-order valence-corrected chi connectivity index (χ3v) is 4.17. The lowest BCUT2D eigenvalue weighted by molar-refractivity contribution is 0.591. The van der Waals surface area contributed by atoms with Gasteiger partial charge >= 0.3 is 0 Å². The molecular weight excluding hydrogens is 204 g/mol. The zero-order valence-corrected chi connectivity index (χ0v) is 10.3. The molecule has 1 saturated heterocycles. The highest BCUT2D eigenvalue weighted by molar-refractivity contribution is 7.99. The number of piperidine rings is 1. The van der Waals surface area contributed by atoms with Crippen molar-refractivity contribution >= 4 is 17.4 Å². The van der Waals surface area contributed by atoms with E-state index in [1.165, 1.54) is 31.6 Å². The highest BCUT2D eigenvalue weighted by Gasteiger charge is 2.18. The van der Waals surface area contributed by atoms with Crippen LogP contribution in [0.5, 0.6) is 0 Å². The fraction of sp³-hybridized carbons (Fsp3) is 0.583. The Morgan fingerprint density at radius 3 is 2.60 bits per heavy atom. The summed E-state index contributed by atoms with van der Waals surface area (Å²) in [7, 11) is 0. The predicted molar refractivity (Wildman–Crippen MR) is 67.7 cm³/mol. The van der Waals surface area contributed by atoms with Gasteiger partial charge in [-0.15, -0.1) is 0 Å². The van der Waals surface area contributed by atoms with Gasteiger partial charge in [-0.05, 0) is 38.2 Å². The number of thioether (sulfide) groups is 1. The van der Waals surface area contributed by atoms with Gasteiger partial charge in [-0.25, -0.2) is 0 Å². The lowest BCUT2D eigenvalue weighted by Gasteiger charge is -2.32. The molecule has 82 valence electrons. The second-order valence-electron chi connectivity index (χ2n) is 4.08. The Kier molecular flexibility index (Phi) is 3.52. The maximum absolute atomic E-state index is 4.35. The quantitative estimate of drug-likeness (QED) is 0.765. The van der Waals surface area contributed by atoms with Gasteiger partial charge in [0, 0.05) is 24.0 Å². The van der Waals surface area contributed by atoms with Crippen LogP contribution in [0.3, 0.4) is 0 Å². The molecule has 1 aromatic heterocycles. The van der Waals surface area contributed by atoms with Crippen molar-refractivity contribution < 1.29 is 0 Å². The number of aromatic nitrogens is 1. The van der Waals surface area contributed by atoms with Crippen LogP contribution in [0.1, 0.15) is 18.5 Å². The van der Waals surface area contributed by atoms with Crippen molar-refractivity contribution in [1.29, 1.82) is 0 Å². The van der Waals surface area contributed by atoms with Crippen LogP contribution in [0.15, 0.2) is 18.3 Å². The molecule has 15 heavy (non-hydrogen) atoms. The summed E-state index contributed by atoms with van der Waals surface area (Å²) < 4.78 is 0. The second kappa shape index (κ2) is 4.88. The Balaban J connectivity index is 1.98. The Bertz CT molecular complexity index is 302. The third-order valence-electron chi connectivity index (χ3n) is 3.04. The molecule has 1 aliphatic rings. The highest BCUT2D eigenvalue weighted by Crippen LogP contribution is 2.24. The van der Waals surface area contributed by atoms with Crippen LogP contribution < -0.4 is 4.90 Å². The maximum atomic E-state index is 4.35. The molecule has 1 fully saturated rings. The SMILES string of the molecule is CSC1CCN(c2ccc(C)nc2)CC1. The van der Waals surface area contributed by atoms with E-state index in [9.17, 15) is 0 Å². The van der Waals surface area contributed by atoms with Crippen LogP contribution in [-0.4, -0.2) is 29.6 Å². The van der Waals surface area contributed by atoms with E-state index in [-0.39, 0.29) is 0 Å². The van der Waals surface area contributed by atoms with Crippen LogP contribution >= 0.6 is 11.8 Å². The number of hydrogen-bond donors (Lipinski definition) is 0. The molecule has 2 heterocycles. The van der Waals surface area contributed by atoms with E-state index in [4.69, 9.17) is 0 Å². The average molecular weight is 222 g/mol. The zero-order valence-electron chi connectivity index (χ0n) is 9.44. The lowest BCUT2D eigenvalue weighted by Crippen LogP contribution is -2.34. The van der Waals surface area contributed by atoms with Gasteiger partial charge in [-0.1, -0.05) is 0 Å². The minimum absolute atomic E-state index is 0.861. The van der Waals surface area contributed by atoms with Crippen molar-refractivity contribution in [3.63, 3.8) is 0 Å². The lowest BCUT2D eigenvalue weighted by atomic mass is 10.1. The predicted octanol–water partition coefficient (Wildman–Crippen LogP) is 2.72. The van der Waals surface area contributed by atoms with Crippen LogP contribution in [0.4, 0.5) is 5.69 Å². The van der Waals surface area contributed by atoms with Gasteiger partial charge in [0.1, 0.15) is 0 Å². The summed E-state index contributed by atoms with van der Waals surface area (Å²) in [5.41, 5.74) is 2.37. The molecule has 0 amide bonds. The van der Waals surface area contributed by atoms with Crippen molar-refractivity contribution in [2.45, 2.75) is 25.0 Å². The molecule has 2 rings (SSSR count). The molecule has 1 aliphatic heterocycles. The summed E-state index contributed by atoms with van der Waals surface area (Å²) in [6, 6.07) is 4.28. The molecule has 0 N–H and O–H groups in total. The summed E-state index contributed by atoms with van der Waals surface area (Å²) >= 11 is 2.00. The van der Waals surface area contributed by atoms with Crippen LogP contribution in [-0.2, 0) is 0 Å². The van der Waals surface area contributed by atoms with Gasteiger partial charge < -0.3 is 4.90 Å². The van der Waals surface area contributed by atoms with Gasteiger partial charge in [-0.2, -0.15) is 11.8 Å². The fourth-order valence-corrected chi connectivity index (χ4v) is 2.68. The minimum Gasteiger partial charge on any atom is -0.370 e. The zero-order chi connectivity index (χ0) is 10.7. The molecule has 0 bridgehead atoms. The van der Waals surface area contributed by atoms with E-state index < -0.39 is 0 Å². The van der Waals surface area contributed by atoms with E-state index in [1.807, 2.05) is 24.9 Å². The van der Waals surface area contributed by atoms with Gasteiger partial charge in [0.25, 0.3) is 0 Å². The highest BCUT2D eigenvalue weighted by atomic mass is 32.2. The molecule has 0 spiro atoms. The molecular formula is C12H18N2S. The van der Waals surface area contributed by atoms with Gasteiger partial charge in [0.05, 0.1) is 11.9 Å². The van der Waals surface area contributed by atoms with E-state index in [0.717, 1.165) is 10.9 Å². The topological polar surface area (TPSA) is 16.1 Å². The molecule has 2 nitrogen and oxygen atoms in total. The van der Waals surface area contributed by atoms with E-state index in [0.29, 0.717) is 0 Å². The fourth-order valence-electron chi connectivity index (χ4n) is 2.00. The number of aryl methyl sites for hydroxylation is 1. The summed E-state index contributed by atoms with van der Waals surface area (Å²) in [5, 5.41) is 0.861. The van der Waals surface area contributed by atoms with Gasteiger partial charge in [0.15, 0.2) is 0 Å². The second-order valence-corrected chi connectivity index (χ2v) is 5.22. The first-order chi connectivity index (χ1) is 7.29. The monoisotopic (exact) mass is 222 g/mol. The van der Waals surface area contributed by atoms with Gasteiger partial charge in [0.2, 0.25) is 0 Å². The molecule has 0 aliphatic carbocycles. The number of anilines is 1. The van der Waals surface area contributed by atoms with E-state index >= 15 is 0 Å². The third kappa shape index (κ3) is 2.65. The number of rotatable bonds is 2. The van der Waals surface area contributed by atoms with Crippen LogP contribution in [0, 0.1) is 6.92 Å². The first-order valence-electron chi connectivity index (χ1n) is 5.50. The summed E-state index contributed by atoms with van der Waals surface area (Å²) in [4.78, 5) is 6.79. The van der Waals surface area contributed by atoms with Crippen molar-refractivity contribution in [3.05, 3.63) is 24.0 Å². The number of nitrogens with zero attached hydrogens (tertiary/aromatic N) is 2. The van der Waals surface area contributed by atoms with Crippen LogP contribution in [0.2, 0.25) is 0 Å². The molecule has 0 atom stereocenters. The Morgan fingerprint density at radius 1 is 1.33 bits per heavy atom. The minimum atomic E-state index is 0.861. The van der Waals surface area contributed by atoms with Crippen molar-refractivity contribution in [1.82, 2.24) is 4.98 Å². The molecule has 0 unspecified atom stereocenters. The number of hydrogen-bond acceptors (Lipinski definition) is 3. The number of pyridine rings is 1. The van der Waals surface area contributed by atoms with Crippen molar-refractivity contribution in [2.24, 2.45) is 0 Å². The summed E-state index contributed by atoms with van der Waals surface area (Å²) in [6.45, 7) is 4.39. The molecule has 3 heteroatoms. The Hall–Kier alpha value is -0.700. The van der Waals surface area contributed by atoms with E-state index in [2.05, 4.69) is 28.3 Å². The molecule has 0 radical (unpaired) electrons. The summed E-state index contributed by atoms with van der Waals surface area (Å²) in [6.07, 6.45) is 6.81. The molecule has 0 saturated carbocycles.